The molecule has 0 saturated carbocycles. The van der Waals surface area contributed by atoms with Gasteiger partial charge in [0.05, 0.1) is 7.11 Å². The maximum Gasteiger partial charge on any atom is 0.370 e. The number of aliphatic carboxylic acids is 2. The minimum atomic E-state index is -1.32. The van der Waals surface area contributed by atoms with Gasteiger partial charge >= 0.3 is 11.9 Å². The van der Waals surface area contributed by atoms with Crippen molar-refractivity contribution in [1.82, 2.24) is 0 Å². The van der Waals surface area contributed by atoms with E-state index < -0.39 is 17.7 Å². The number of ether oxygens (including phenoxy) is 1. The van der Waals surface area contributed by atoms with Crippen LogP contribution in [0.1, 0.15) is 11.1 Å². The lowest BCUT2D eigenvalue weighted by molar-refractivity contribution is -0.135. The van der Waals surface area contributed by atoms with Gasteiger partial charge in [0.25, 0.3) is 0 Å². The number of benzene rings is 2. The van der Waals surface area contributed by atoms with E-state index in [1.165, 1.54) is 25.3 Å². The van der Waals surface area contributed by atoms with Crippen molar-refractivity contribution in [3.63, 3.8) is 0 Å². The van der Waals surface area contributed by atoms with Crippen LogP contribution in [-0.4, -0.2) is 39.5 Å². The molecule has 0 bridgehead atoms. The molecule has 0 spiro atoms. The van der Waals surface area contributed by atoms with Crippen LogP contribution in [0.5, 0.6) is 11.5 Å². The van der Waals surface area contributed by atoms with E-state index in [0.29, 0.717) is 16.9 Å². The van der Waals surface area contributed by atoms with Gasteiger partial charge in [0.15, 0.2) is 11.5 Å². The SMILES string of the molecule is COc1cc(/C=C/C(=O)O)ccc1O.O=C(O)C(O)=Cc1ccccc1. The summed E-state index contributed by atoms with van der Waals surface area (Å²) in [4.78, 5) is 20.4. The Labute approximate surface area is 149 Å². The van der Waals surface area contributed by atoms with Crippen molar-refractivity contribution in [2.24, 2.45) is 0 Å². The fourth-order valence-electron chi connectivity index (χ4n) is 1.73. The standard InChI is InChI=1S/C10H10O4.C9H8O3/c1-14-9-6-7(2-4-8(9)11)3-5-10(12)13;10-8(9(11)12)6-7-4-2-1-3-5-7/h2-6,11H,1H3,(H,12,13);1-6,10H,(H,11,12)/b5-3+;. The maximum absolute atomic E-state index is 10.2. The second kappa shape index (κ2) is 10.2. The van der Waals surface area contributed by atoms with Gasteiger partial charge in [-0.15, -0.1) is 0 Å². The first-order valence-corrected chi connectivity index (χ1v) is 7.30. The zero-order valence-electron chi connectivity index (χ0n) is 13.9. The highest BCUT2D eigenvalue weighted by atomic mass is 16.5. The lowest BCUT2D eigenvalue weighted by Gasteiger charge is -2.03. The number of aromatic hydroxyl groups is 1. The summed E-state index contributed by atoms with van der Waals surface area (Å²) >= 11 is 0. The molecule has 0 fully saturated rings. The first kappa shape index (κ1) is 20.3. The summed E-state index contributed by atoms with van der Waals surface area (Å²) in [6, 6.07) is 13.3. The average molecular weight is 358 g/mol. The number of methoxy groups -OCH3 is 1. The van der Waals surface area contributed by atoms with E-state index in [2.05, 4.69) is 0 Å². The molecule has 0 saturated heterocycles. The molecular weight excluding hydrogens is 340 g/mol. The van der Waals surface area contributed by atoms with Crippen LogP contribution in [0.4, 0.5) is 0 Å². The Morgan fingerprint density at radius 3 is 2.15 bits per heavy atom. The minimum absolute atomic E-state index is 0.0278. The molecular formula is C19H18O7. The number of carboxylic acid groups (broad SMARTS) is 2. The fourth-order valence-corrected chi connectivity index (χ4v) is 1.73. The van der Waals surface area contributed by atoms with Gasteiger partial charge in [0.2, 0.25) is 5.76 Å². The van der Waals surface area contributed by atoms with Crippen LogP contribution in [0, 0.1) is 0 Å². The predicted octanol–water partition coefficient (Wildman–Crippen LogP) is 3.17. The van der Waals surface area contributed by atoms with E-state index in [4.69, 9.17) is 20.1 Å². The molecule has 0 aliphatic carbocycles. The molecule has 0 aliphatic rings. The van der Waals surface area contributed by atoms with E-state index >= 15 is 0 Å². The van der Waals surface area contributed by atoms with E-state index in [0.717, 1.165) is 6.08 Å². The summed E-state index contributed by atoms with van der Waals surface area (Å²) in [5.74, 6) is -2.64. The van der Waals surface area contributed by atoms with Crippen molar-refractivity contribution in [2.45, 2.75) is 0 Å². The number of rotatable bonds is 5. The zero-order chi connectivity index (χ0) is 19.5. The van der Waals surface area contributed by atoms with Crippen LogP contribution in [0.3, 0.4) is 0 Å². The summed E-state index contributed by atoms with van der Waals surface area (Å²) in [6.45, 7) is 0. The molecule has 0 heterocycles. The molecule has 26 heavy (non-hydrogen) atoms. The maximum atomic E-state index is 10.2. The van der Waals surface area contributed by atoms with Gasteiger partial charge in [-0.05, 0) is 35.4 Å². The van der Waals surface area contributed by atoms with E-state index in [-0.39, 0.29) is 5.75 Å². The zero-order valence-corrected chi connectivity index (χ0v) is 13.9. The predicted molar refractivity (Wildman–Crippen MR) is 96.0 cm³/mol. The highest BCUT2D eigenvalue weighted by Crippen LogP contribution is 2.26. The average Bonchev–Trinajstić information content (AvgIpc) is 2.62. The highest BCUT2D eigenvalue weighted by molar-refractivity contribution is 5.89. The van der Waals surface area contributed by atoms with Crippen molar-refractivity contribution >= 4 is 24.1 Å². The van der Waals surface area contributed by atoms with Crippen LogP contribution in [0.2, 0.25) is 0 Å². The molecule has 7 nitrogen and oxygen atoms in total. The summed E-state index contributed by atoms with van der Waals surface area (Å²) < 4.78 is 4.86. The summed E-state index contributed by atoms with van der Waals surface area (Å²) in [6.07, 6.45) is 3.64. The molecule has 7 heteroatoms. The molecule has 0 atom stereocenters. The van der Waals surface area contributed by atoms with Crippen molar-refractivity contribution in [1.29, 1.82) is 0 Å². The third-order valence-corrected chi connectivity index (χ3v) is 2.94. The third kappa shape index (κ3) is 7.22. The molecule has 0 radical (unpaired) electrons. The molecule has 2 aromatic carbocycles. The smallest absolute Gasteiger partial charge is 0.370 e. The highest BCUT2D eigenvalue weighted by Gasteiger charge is 2.02. The molecule has 0 unspecified atom stereocenters. The van der Waals surface area contributed by atoms with Crippen LogP contribution in [-0.2, 0) is 9.59 Å². The quantitative estimate of drug-likeness (QED) is 0.478. The number of hydrogen-bond acceptors (Lipinski definition) is 5. The number of aliphatic hydroxyl groups excluding tert-OH is 1. The summed E-state index contributed by atoms with van der Waals surface area (Å²) in [5, 5.41) is 34.8. The van der Waals surface area contributed by atoms with Gasteiger partial charge in [-0.25, -0.2) is 9.59 Å². The normalized spacial score (nSPS) is 10.7. The van der Waals surface area contributed by atoms with Crippen molar-refractivity contribution in [2.75, 3.05) is 7.11 Å². The molecule has 0 aliphatic heterocycles. The van der Waals surface area contributed by atoms with Crippen molar-refractivity contribution in [3.8, 4) is 11.5 Å². The van der Waals surface area contributed by atoms with Crippen LogP contribution < -0.4 is 4.74 Å². The van der Waals surface area contributed by atoms with Crippen molar-refractivity contribution < 1.29 is 34.8 Å². The number of carboxylic acids is 2. The number of phenols is 1. The molecule has 2 aromatic rings. The van der Waals surface area contributed by atoms with Crippen LogP contribution >= 0.6 is 0 Å². The van der Waals surface area contributed by atoms with Gasteiger partial charge in [-0.1, -0.05) is 36.4 Å². The van der Waals surface area contributed by atoms with Gasteiger partial charge < -0.3 is 25.2 Å². The lowest BCUT2D eigenvalue weighted by atomic mass is 10.2. The van der Waals surface area contributed by atoms with Crippen molar-refractivity contribution in [3.05, 3.63) is 71.5 Å². The van der Waals surface area contributed by atoms with Gasteiger partial charge in [0, 0.05) is 6.08 Å². The molecule has 0 aromatic heterocycles. The Kier molecular flexibility index (Phi) is 7.96. The second-order valence-electron chi connectivity index (χ2n) is 4.85. The van der Waals surface area contributed by atoms with Crippen LogP contribution in [0.25, 0.3) is 12.2 Å². The van der Waals surface area contributed by atoms with E-state index in [1.54, 1.807) is 36.4 Å². The lowest BCUT2D eigenvalue weighted by Crippen LogP contribution is -1.98. The molecule has 0 amide bonds. The minimum Gasteiger partial charge on any atom is -0.504 e. The second-order valence-corrected chi connectivity index (χ2v) is 4.85. The Balaban J connectivity index is 0.000000263. The number of phenolic OH excluding ortho intramolecular Hbond substituents is 1. The molecule has 4 N–H and O–H groups in total. The van der Waals surface area contributed by atoms with E-state index in [9.17, 15) is 14.7 Å². The molecule has 2 rings (SSSR count). The third-order valence-electron chi connectivity index (χ3n) is 2.94. The number of hydrogen-bond donors (Lipinski definition) is 4. The molecule has 136 valence electrons. The Morgan fingerprint density at radius 2 is 1.62 bits per heavy atom. The van der Waals surface area contributed by atoms with Crippen LogP contribution in [0.15, 0.2) is 60.4 Å². The Hall–Kier alpha value is -3.74. The Morgan fingerprint density at radius 1 is 0.962 bits per heavy atom. The number of carbonyl (C=O) groups is 2. The number of aliphatic hydroxyl groups is 1. The van der Waals surface area contributed by atoms with Gasteiger partial charge in [-0.2, -0.15) is 0 Å². The first-order valence-electron chi connectivity index (χ1n) is 7.30. The Bertz CT molecular complexity index is 808. The monoisotopic (exact) mass is 358 g/mol. The fraction of sp³-hybridized carbons (Fsp3) is 0.0526. The van der Waals surface area contributed by atoms with Gasteiger partial charge in [-0.3, -0.25) is 0 Å². The summed E-state index contributed by atoms with van der Waals surface area (Å²) in [5.41, 5.74) is 1.32. The first-order chi connectivity index (χ1) is 12.3. The summed E-state index contributed by atoms with van der Waals surface area (Å²) in [7, 11) is 1.43. The topological polar surface area (TPSA) is 124 Å². The van der Waals surface area contributed by atoms with E-state index in [1.807, 2.05) is 6.07 Å². The largest absolute Gasteiger partial charge is 0.504 e. The van der Waals surface area contributed by atoms with Gasteiger partial charge in [0.1, 0.15) is 0 Å².